The number of carbonyl (C=O) groups is 1. The van der Waals surface area contributed by atoms with Gasteiger partial charge in [0.05, 0.1) is 30.2 Å². The zero-order valence-electron chi connectivity index (χ0n) is 14.0. The maximum absolute atomic E-state index is 14.0. The Morgan fingerprint density at radius 2 is 1.81 bits per heavy atom. The lowest BCUT2D eigenvalue weighted by Crippen LogP contribution is -2.29. The molecule has 3 N–H and O–H groups in total. The van der Waals surface area contributed by atoms with Crippen molar-refractivity contribution >= 4 is 39.9 Å². The van der Waals surface area contributed by atoms with E-state index in [2.05, 4.69) is 10.8 Å². The monoisotopic (exact) mass is 492 g/mol. The van der Waals surface area contributed by atoms with Gasteiger partial charge in [-0.15, -0.1) is 0 Å². The number of aliphatic hydroxyl groups is 1. The first-order valence-corrected chi connectivity index (χ1v) is 9.15. The van der Waals surface area contributed by atoms with Gasteiger partial charge in [0.1, 0.15) is 5.82 Å². The van der Waals surface area contributed by atoms with Crippen molar-refractivity contribution in [1.82, 2.24) is 5.48 Å². The van der Waals surface area contributed by atoms with Crippen LogP contribution >= 0.6 is 22.6 Å². The molecular weight excluding hydrogens is 476 g/mol. The number of anilines is 2. The molecule has 5 nitrogen and oxygen atoms in total. The summed E-state index contributed by atoms with van der Waals surface area (Å²) in [6.45, 7) is 0.0420. The molecule has 3 rings (SSSR count). The van der Waals surface area contributed by atoms with Crippen LogP contribution in [0.3, 0.4) is 0 Å². The molecule has 2 aromatic carbocycles. The van der Waals surface area contributed by atoms with Gasteiger partial charge >= 0.3 is 0 Å². The van der Waals surface area contributed by atoms with Crippen LogP contribution in [0.25, 0.3) is 0 Å². The predicted octanol–water partition coefficient (Wildman–Crippen LogP) is 3.89. The molecule has 1 amide bonds. The predicted molar refractivity (Wildman–Crippen MR) is 101 cm³/mol. The Bertz CT molecular complexity index is 875. The van der Waals surface area contributed by atoms with E-state index in [4.69, 9.17) is 4.84 Å². The van der Waals surface area contributed by atoms with Crippen molar-refractivity contribution < 1.29 is 27.9 Å². The third kappa shape index (κ3) is 4.71. The van der Waals surface area contributed by atoms with Gasteiger partial charge in [0, 0.05) is 15.1 Å². The fraction of sp³-hybridized carbons (Fsp3) is 0.278. The summed E-state index contributed by atoms with van der Waals surface area (Å²) in [5, 5.41) is 11.8. The van der Waals surface area contributed by atoms with Crippen molar-refractivity contribution in [2.24, 2.45) is 5.41 Å². The molecular formula is C18H16F3IN2O3. The molecule has 144 valence electrons. The molecule has 0 bridgehead atoms. The van der Waals surface area contributed by atoms with E-state index in [-0.39, 0.29) is 35.6 Å². The Kier molecular flexibility index (Phi) is 5.92. The van der Waals surface area contributed by atoms with Gasteiger partial charge in [-0.2, -0.15) is 0 Å². The van der Waals surface area contributed by atoms with Crippen molar-refractivity contribution in [1.29, 1.82) is 0 Å². The fourth-order valence-electron chi connectivity index (χ4n) is 2.41. The van der Waals surface area contributed by atoms with E-state index in [0.717, 1.165) is 18.9 Å². The maximum atomic E-state index is 14.0. The summed E-state index contributed by atoms with van der Waals surface area (Å²) < 4.78 is 42.0. The summed E-state index contributed by atoms with van der Waals surface area (Å²) in [5.74, 6) is -3.83. The quantitative estimate of drug-likeness (QED) is 0.406. The number of hydroxylamine groups is 1. The van der Waals surface area contributed by atoms with Gasteiger partial charge < -0.3 is 10.4 Å². The molecule has 1 aliphatic rings. The Hall–Kier alpha value is -1.85. The Morgan fingerprint density at radius 3 is 2.44 bits per heavy atom. The molecule has 0 atom stereocenters. The van der Waals surface area contributed by atoms with E-state index in [1.54, 1.807) is 6.07 Å². The van der Waals surface area contributed by atoms with E-state index in [0.29, 0.717) is 9.64 Å². The van der Waals surface area contributed by atoms with Gasteiger partial charge in [-0.25, -0.2) is 18.7 Å². The van der Waals surface area contributed by atoms with Crippen molar-refractivity contribution in [3.63, 3.8) is 0 Å². The average molecular weight is 492 g/mol. The third-order valence-corrected chi connectivity index (χ3v) is 5.01. The summed E-state index contributed by atoms with van der Waals surface area (Å²) >= 11 is 1.93. The van der Waals surface area contributed by atoms with E-state index in [9.17, 15) is 23.1 Å². The molecule has 0 radical (unpaired) electrons. The standard InChI is InChI=1S/C18H16F3IN2O3/c19-12-6-11(17(26)24-27-9-18(8-25)3-4-18)16(7-13(12)20)23-15-2-1-10(22)5-14(15)21/h1-2,5-7,23,25H,3-4,8-9H2,(H,24,26). The largest absolute Gasteiger partial charge is 0.396 e. The zero-order valence-corrected chi connectivity index (χ0v) is 16.1. The first kappa shape index (κ1) is 19.9. The molecule has 0 unspecified atom stereocenters. The van der Waals surface area contributed by atoms with Crippen LogP contribution in [0.15, 0.2) is 30.3 Å². The van der Waals surface area contributed by atoms with E-state index in [1.807, 2.05) is 22.6 Å². The minimum absolute atomic E-state index is 0.00797. The van der Waals surface area contributed by atoms with Crippen molar-refractivity contribution in [3.8, 4) is 0 Å². The Morgan fingerprint density at radius 1 is 1.11 bits per heavy atom. The van der Waals surface area contributed by atoms with Crippen LogP contribution in [0.4, 0.5) is 24.5 Å². The lowest BCUT2D eigenvalue weighted by Gasteiger charge is -2.15. The van der Waals surface area contributed by atoms with E-state index >= 15 is 0 Å². The number of hydrogen-bond donors (Lipinski definition) is 3. The van der Waals surface area contributed by atoms with Crippen molar-refractivity contribution in [2.45, 2.75) is 12.8 Å². The van der Waals surface area contributed by atoms with Crippen LogP contribution in [0.1, 0.15) is 23.2 Å². The number of carbonyl (C=O) groups excluding carboxylic acids is 1. The Labute approximate surface area is 167 Å². The minimum Gasteiger partial charge on any atom is -0.396 e. The first-order chi connectivity index (χ1) is 12.8. The molecule has 1 aliphatic carbocycles. The van der Waals surface area contributed by atoms with Gasteiger partial charge in [-0.1, -0.05) is 0 Å². The molecule has 1 fully saturated rings. The lowest BCUT2D eigenvalue weighted by atomic mass is 10.1. The van der Waals surface area contributed by atoms with Crippen LogP contribution in [0, 0.1) is 26.4 Å². The van der Waals surface area contributed by atoms with Gasteiger partial charge in [-0.05, 0) is 59.7 Å². The maximum Gasteiger partial charge on any atom is 0.277 e. The highest BCUT2D eigenvalue weighted by Crippen LogP contribution is 2.44. The number of amides is 1. The van der Waals surface area contributed by atoms with Gasteiger partial charge in [0.2, 0.25) is 0 Å². The minimum atomic E-state index is -1.22. The highest BCUT2D eigenvalue weighted by atomic mass is 127. The smallest absolute Gasteiger partial charge is 0.277 e. The normalized spacial score (nSPS) is 14.7. The fourth-order valence-corrected chi connectivity index (χ4v) is 2.86. The summed E-state index contributed by atoms with van der Waals surface area (Å²) in [5.41, 5.74) is 1.44. The van der Waals surface area contributed by atoms with E-state index in [1.165, 1.54) is 12.1 Å². The number of aliphatic hydroxyl groups excluding tert-OH is 1. The second-order valence-electron chi connectivity index (χ2n) is 6.44. The highest BCUT2D eigenvalue weighted by Gasteiger charge is 2.42. The van der Waals surface area contributed by atoms with Crippen LogP contribution in [-0.2, 0) is 4.84 Å². The zero-order chi connectivity index (χ0) is 19.6. The average Bonchev–Trinajstić information content (AvgIpc) is 3.40. The molecule has 0 spiro atoms. The SMILES string of the molecule is O=C(NOCC1(CO)CC1)c1cc(F)c(F)cc1Nc1ccc(I)cc1F. The summed E-state index contributed by atoms with van der Waals surface area (Å²) in [6, 6.07) is 5.79. The molecule has 2 aromatic rings. The molecule has 0 aliphatic heterocycles. The number of rotatable bonds is 7. The number of halogens is 4. The summed E-state index contributed by atoms with van der Waals surface area (Å²) in [4.78, 5) is 17.4. The first-order valence-electron chi connectivity index (χ1n) is 8.08. The van der Waals surface area contributed by atoms with Crippen LogP contribution in [0.5, 0.6) is 0 Å². The molecule has 27 heavy (non-hydrogen) atoms. The molecule has 1 saturated carbocycles. The van der Waals surface area contributed by atoms with Crippen molar-refractivity contribution in [3.05, 3.63) is 56.9 Å². The van der Waals surface area contributed by atoms with Crippen LogP contribution < -0.4 is 10.8 Å². The van der Waals surface area contributed by atoms with Crippen LogP contribution in [-0.4, -0.2) is 24.2 Å². The number of hydrogen-bond acceptors (Lipinski definition) is 4. The van der Waals surface area contributed by atoms with Gasteiger partial charge in [0.15, 0.2) is 11.6 Å². The molecule has 0 heterocycles. The molecule has 9 heteroatoms. The number of benzene rings is 2. The Balaban J connectivity index is 1.79. The second kappa shape index (κ2) is 8.03. The summed E-state index contributed by atoms with van der Waals surface area (Å²) in [7, 11) is 0. The lowest BCUT2D eigenvalue weighted by molar-refractivity contribution is -0.0000438. The summed E-state index contributed by atoms with van der Waals surface area (Å²) in [6.07, 6.45) is 1.56. The molecule has 0 saturated heterocycles. The molecule has 0 aromatic heterocycles. The van der Waals surface area contributed by atoms with Crippen molar-refractivity contribution in [2.75, 3.05) is 18.5 Å². The van der Waals surface area contributed by atoms with Gasteiger partial charge in [-0.3, -0.25) is 9.63 Å². The highest BCUT2D eigenvalue weighted by molar-refractivity contribution is 14.1. The van der Waals surface area contributed by atoms with Crippen LogP contribution in [0.2, 0.25) is 0 Å². The van der Waals surface area contributed by atoms with Gasteiger partial charge in [0.25, 0.3) is 5.91 Å². The van der Waals surface area contributed by atoms with E-state index < -0.39 is 23.4 Å². The number of nitrogens with one attached hydrogen (secondary N) is 2. The second-order valence-corrected chi connectivity index (χ2v) is 7.68. The third-order valence-electron chi connectivity index (χ3n) is 4.34. The topological polar surface area (TPSA) is 70.6 Å².